The van der Waals surface area contributed by atoms with Gasteiger partial charge in [-0.3, -0.25) is 4.79 Å². The highest BCUT2D eigenvalue weighted by atomic mass is 16.5. The Morgan fingerprint density at radius 3 is 2.48 bits per heavy atom. The van der Waals surface area contributed by atoms with Crippen molar-refractivity contribution in [2.75, 3.05) is 18.8 Å². The molecule has 0 saturated carbocycles. The Kier molecular flexibility index (Phi) is 4.11. The SMILES string of the molecule is Cc1ccc(C(=O)N2CCC(c3noc(N)c3C)CC2)cc1C. The Balaban J connectivity index is 1.67. The van der Waals surface area contributed by atoms with Gasteiger partial charge in [0, 0.05) is 30.1 Å². The maximum Gasteiger partial charge on any atom is 0.253 e. The van der Waals surface area contributed by atoms with Crippen LogP contribution in [0.1, 0.15) is 51.5 Å². The molecule has 0 radical (unpaired) electrons. The minimum atomic E-state index is 0.114. The first-order valence-electron chi connectivity index (χ1n) is 8.05. The monoisotopic (exact) mass is 313 g/mol. The van der Waals surface area contributed by atoms with E-state index in [9.17, 15) is 4.79 Å². The first kappa shape index (κ1) is 15.6. The fourth-order valence-electron chi connectivity index (χ4n) is 3.16. The number of likely N-dealkylation sites (tertiary alicyclic amines) is 1. The van der Waals surface area contributed by atoms with Gasteiger partial charge in [-0.05, 0) is 56.9 Å². The van der Waals surface area contributed by atoms with E-state index in [0.717, 1.165) is 48.3 Å². The van der Waals surface area contributed by atoms with Crippen molar-refractivity contribution in [3.8, 4) is 0 Å². The van der Waals surface area contributed by atoms with Gasteiger partial charge in [-0.1, -0.05) is 11.2 Å². The Morgan fingerprint density at radius 1 is 1.22 bits per heavy atom. The van der Waals surface area contributed by atoms with Crippen LogP contribution in [-0.4, -0.2) is 29.1 Å². The molecule has 0 bridgehead atoms. The molecule has 2 N–H and O–H groups in total. The molecule has 0 unspecified atom stereocenters. The van der Waals surface area contributed by atoms with Gasteiger partial charge in [0.15, 0.2) is 0 Å². The Hall–Kier alpha value is -2.30. The molecule has 1 aliphatic rings. The van der Waals surface area contributed by atoms with Crippen LogP contribution in [0.2, 0.25) is 0 Å². The maximum absolute atomic E-state index is 12.6. The molecular weight excluding hydrogens is 290 g/mol. The largest absolute Gasteiger partial charge is 0.367 e. The number of benzene rings is 1. The second kappa shape index (κ2) is 6.07. The van der Waals surface area contributed by atoms with E-state index in [1.807, 2.05) is 36.9 Å². The lowest BCUT2D eigenvalue weighted by Gasteiger charge is -2.31. The zero-order chi connectivity index (χ0) is 16.6. The second-order valence-corrected chi connectivity index (χ2v) is 6.42. The molecule has 5 nitrogen and oxygen atoms in total. The van der Waals surface area contributed by atoms with Crippen molar-refractivity contribution in [3.05, 3.63) is 46.1 Å². The van der Waals surface area contributed by atoms with Crippen LogP contribution in [0.25, 0.3) is 0 Å². The number of amides is 1. The van der Waals surface area contributed by atoms with Crippen LogP contribution in [0.5, 0.6) is 0 Å². The van der Waals surface area contributed by atoms with Gasteiger partial charge in [0.05, 0.1) is 5.69 Å². The summed E-state index contributed by atoms with van der Waals surface area (Å²) >= 11 is 0. The third-order valence-corrected chi connectivity index (χ3v) is 4.92. The molecule has 23 heavy (non-hydrogen) atoms. The molecule has 0 aliphatic carbocycles. The van der Waals surface area contributed by atoms with Crippen molar-refractivity contribution in [2.24, 2.45) is 0 Å². The number of hydrogen-bond donors (Lipinski definition) is 1. The quantitative estimate of drug-likeness (QED) is 0.924. The Labute approximate surface area is 136 Å². The fourth-order valence-corrected chi connectivity index (χ4v) is 3.16. The summed E-state index contributed by atoms with van der Waals surface area (Å²) in [5.41, 5.74) is 10.7. The van der Waals surface area contributed by atoms with Crippen LogP contribution in [0.15, 0.2) is 22.7 Å². The molecular formula is C18H23N3O2. The number of rotatable bonds is 2. The van der Waals surface area contributed by atoms with Crippen molar-refractivity contribution in [1.82, 2.24) is 10.1 Å². The van der Waals surface area contributed by atoms with Crippen molar-refractivity contribution in [1.29, 1.82) is 0 Å². The Bertz CT molecular complexity index is 728. The molecule has 122 valence electrons. The van der Waals surface area contributed by atoms with Crippen molar-refractivity contribution in [3.63, 3.8) is 0 Å². The number of aromatic nitrogens is 1. The van der Waals surface area contributed by atoms with E-state index in [2.05, 4.69) is 12.1 Å². The normalized spacial score (nSPS) is 15.9. The highest BCUT2D eigenvalue weighted by Gasteiger charge is 2.28. The van der Waals surface area contributed by atoms with Crippen LogP contribution in [0, 0.1) is 20.8 Å². The van der Waals surface area contributed by atoms with Gasteiger partial charge in [-0.25, -0.2) is 0 Å². The fraction of sp³-hybridized carbons (Fsp3) is 0.444. The number of carbonyl (C=O) groups is 1. The number of anilines is 1. The highest BCUT2D eigenvalue weighted by molar-refractivity contribution is 5.94. The third-order valence-electron chi connectivity index (χ3n) is 4.92. The minimum absolute atomic E-state index is 0.114. The van der Waals surface area contributed by atoms with E-state index in [1.165, 1.54) is 5.56 Å². The van der Waals surface area contributed by atoms with E-state index in [4.69, 9.17) is 10.3 Å². The molecule has 2 heterocycles. The summed E-state index contributed by atoms with van der Waals surface area (Å²) in [6.45, 7) is 7.51. The van der Waals surface area contributed by atoms with E-state index in [-0.39, 0.29) is 5.91 Å². The third kappa shape index (κ3) is 2.96. The first-order valence-corrected chi connectivity index (χ1v) is 8.05. The summed E-state index contributed by atoms with van der Waals surface area (Å²) < 4.78 is 5.06. The van der Waals surface area contributed by atoms with Gasteiger partial charge in [-0.2, -0.15) is 0 Å². The maximum atomic E-state index is 12.6. The van der Waals surface area contributed by atoms with Crippen LogP contribution in [-0.2, 0) is 0 Å². The van der Waals surface area contributed by atoms with Gasteiger partial charge in [0.25, 0.3) is 5.91 Å². The predicted molar refractivity (Wildman–Crippen MR) is 89.4 cm³/mol. The molecule has 1 aromatic heterocycles. The molecule has 1 aliphatic heterocycles. The van der Waals surface area contributed by atoms with Crippen molar-refractivity contribution < 1.29 is 9.32 Å². The molecule has 1 aromatic carbocycles. The van der Waals surface area contributed by atoms with Crippen molar-refractivity contribution in [2.45, 2.75) is 39.5 Å². The lowest BCUT2D eigenvalue weighted by atomic mass is 9.91. The number of aryl methyl sites for hydroxylation is 2. The molecule has 1 amide bonds. The zero-order valence-electron chi connectivity index (χ0n) is 13.9. The van der Waals surface area contributed by atoms with Gasteiger partial charge < -0.3 is 15.2 Å². The number of nitrogen functional groups attached to an aromatic ring is 1. The summed E-state index contributed by atoms with van der Waals surface area (Å²) in [7, 11) is 0. The summed E-state index contributed by atoms with van der Waals surface area (Å²) in [5.74, 6) is 0.830. The van der Waals surface area contributed by atoms with E-state index in [1.54, 1.807) is 0 Å². The molecule has 0 spiro atoms. The summed E-state index contributed by atoms with van der Waals surface area (Å²) in [6.07, 6.45) is 1.78. The number of carbonyl (C=O) groups excluding carboxylic acids is 1. The van der Waals surface area contributed by atoms with Gasteiger partial charge in [0.2, 0.25) is 5.88 Å². The molecule has 0 atom stereocenters. The molecule has 5 heteroatoms. The first-order chi connectivity index (χ1) is 11.0. The second-order valence-electron chi connectivity index (χ2n) is 6.42. The molecule has 1 fully saturated rings. The van der Waals surface area contributed by atoms with Gasteiger partial charge >= 0.3 is 0 Å². The van der Waals surface area contributed by atoms with E-state index < -0.39 is 0 Å². The lowest BCUT2D eigenvalue weighted by Crippen LogP contribution is -2.38. The minimum Gasteiger partial charge on any atom is -0.367 e. The smallest absolute Gasteiger partial charge is 0.253 e. The standard InChI is InChI=1S/C18H23N3O2/c1-11-4-5-15(10-12(11)2)18(22)21-8-6-14(7-9-21)16-13(3)17(19)23-20-16/h4-5,10,14H,6-9,19H2,1-3H3. The number of nitrogens with two attached hydrogens (primary N) is 1. The topological polar surface area (TPSA) is 72.4 Å². The van der Waals surface area contributed by atoms with Gasteiger partial charge in [0.1, 0.15) is 0 Å². The van der Waals surface area contributed by atoms with Crippen LogP contribution in [0.3, 0.4) is 0 Å². The summed E-state index contributed by atoms with van der Waals surface area (Å²) in [5, 5.41) is 4.08. The predicted octanol–water partition coefficient (Wildman–Crippen LogP) is 3.20. The summed E-state index contributed by atoms with van der Waals surface area (Å²) in [4.78, 5) is 14.6. The zero-order valence-corrected chi connectivity index (χ0v) is 13.9. The van der Waals surface area contributed by atoms with Crippen molar-refractivity contribution >= 4 is 11.8 Å². The average molecular weight is 313 g/mol. The van der Waals surface area contributed by atoms with Crippen LogP contribution >= 0.6 is 0 Å². The van der Waals surface area contributed by atoms with Crippen LogP contribution < -0.4 is 5.73 Å². The summed E-state index contributed by atoms with van der Waals surface area (Å²) in [6, 6.07) is 5.91. The van der Waals surface area contributed by atoms with Crippen LogP contribution in [0.4, 0.5) is 5.88 Å². The Morgan fingerprint density at radius 2 is 1.91 bits per heavy atom. The molecule has 3 rings (SSSR count). The lowest BCUT2D eigenvalue weighted by molar-refractivity contribution is 0.0711. The van der Waals surface area contributed by atoms with E-state index >= 15 is 0 Å². The van der Waals surface area contributed by atoms with Gasteiger partial charge in [-0.15, -0.1) is 0 Å². The number of hydrogen-bond acceptors (Lipinski definition) is 4. The van der Waals surface area contributed by atoms with E-state index in [0.29, 0.717) is 11.8 Å². The highest BCUT2D eigenvalue weighted by Crippen LogP contribution is 2.31. The molecule has 2 aromatic rings. The number of nitrogens with zero attached hydrogens (tertiary/aromatic N) is 2. The number of piperidine rings is 1. The molecule has 1 saturated heterocycles. The average Bonchev–Trinajstić information content (AvgIpc) is 2.89.